The summed E-state index contributed by atoms with van der Waals surface area (Å²) in [4.78, 5) is 78.6. The molecule has 4 aliphatic heterocycles. The lowest BCUT2D eigenvalue weighted by molar-refractivity contribution is -0.137. The van der Waals surface area contributed by atoms with Gasteiger partial charge < -0.3 is 39.4 Å². The van der Waals surface area contributed by atoms with E-state index in [2.05, 4.69) is 36.8 Å². The number of aromatic nitrogens is 3. The summed E-state index contributed by atoms with van der Waals surface area (Å²) in [5.74, 6) is 0.411. The molecule has 4 amide bonds. The lowest BCUT2D eigenvalue weighted by Gasteiger charge is -2.47. The minimum absolute atomic E-state index is 0.0941. The number of likely N-dealkylation sites (tertiary alicyclic amines) is 1. The van der Waals surface area contributed by atoms with E-state index in [1.165, 1.54) is 12.6 Å². The van der Waals surface area contributed by atoms with Crippen LogP contribution in [0.25, 0.3) is 10.9 Å². The number of fused-ring (bicyclic) bond motifs is 2. The number of amides is 4. The Morgan fingerprint density at radius 1 is 0.968 bits per heavy atom. The Morgan fingerprint density at radius 3 is 2.48 bits per heavy atom. The summed E-state index contributed by atoms with van der Waals surface area (Å²) in [7, 11) is 1.52. The van der Waals surface area contributed by atoms with Crippen molar-refractivity contribution in [3.8, 4) is 5.75 Å². The van der Waals surface area contributed by atoms with E-state index in [0.717, 1.165) is 81.2 Å². The molecule has 1 saturated carbocycles. The molecule has 0 spiro atoms. The van der Waals surface area contributed by atoms with Gasteiger partial charge in [0.15, 0.2) is 18.2 Å². The van der Waals surface area contributed by atoms with Crippen molar-refractivity contribution >= 4 is 63.6 Å². The number of rotatable bonds is 12. The van der Waals surface area contributed by atoms with E-state index in [1.807, 2.05) is 44.2 Å². The number of anilines is 3. The van der Waals surface area contributed by atoms with Crippen LogP contribution in [-0.4, -0.2) is 112 Å². The molecule has 3 N–H and O–H groups in total. The van der Waals surface area contributed by atoms with Gasteiger partial charge in [0.25, 0.3) is 17.4 Å². The maximum atomic E-state index is 13.4. The molecule has 2 aromatic heterocycles. The average molecular weight is 880 g/mol. The van der Waals surface area contributed by atoms with Crippen LogP contribution in [0.5, 0.6) is 5.75 Å². The second-order valence-electron chi connectivity index (χ2n) is 17.7. The summed E-state index contributed by atoms with van der Waals surface area (Å²) in [5.41, 5.74) is 4.10. The standard InChI is InChI=1S/C46H54ClN9O7/c1-26(2)56-37-8-7-29(19-28(37)20-39(45(56)61)62-25-41(58)48-3)50-42-36(47)23-49-46(52-42)54-17-13-31(14-18-54)63-32-21-30(22-32)53-15-11-27(12-16-53)33-5-4-6-34-35(33)24-55(44(34)60)38-9-10-40(57)51-43(38)59/h4-8,19-20,23,26-27,30-32,38H,9-18,21-22,24-25H2,1-3H3,(H,48,58)(H,49,50,52)(H,51,57,59)/t30-,32-,38?. The lowest BCUT2D eigenvalue weighted by Crippen LogP contribution is -2.52. The van der Waals surface area contributed by atoms with Crippen LogP contribution in [0.2, 0.25) is 5.02 Å². The topological polar surface area (TPSA) is 180 Å². The fourth-order valence-corrected chi connectivity index (χ4v) is 10.1. The van der Waals surface area contributed by atoms with E-state index in [-0.39, 0.29) is 66.2 Å². The molecule has 16 nitrogen and oxygen atoms in total. The molecular formula is C46H54ClN9O7. The van der Waals surface area contributed by atoms with Crippen molar-refractivity contribution in [1.82, 2.24) is 35.0 Å². The molecule has 4 aromatic rings. The van der Waals surface area contributed by atoms with Crippen LogP contribution in [0.4, 0.5) is 17.5 Å². The minimum atomic E-state index is -0.604. The fourth-order valence-electron chi connectivity index (χ4n) is 9.94. The monoisotopic (exact) mass is 879 g/mol. The van der Waals surface area contributed by atoms with Crippen molar-refractivity contribution in [3.63, 3.8) is 0 Å². The van der Waals surface area contributed by atoms with Crippen molar-refractivity contribution in [2.24, 2.45) is 0 Å². The minimum Gasteiger partial charge on any atom is -0.478 e. The first-order chi connectivity index (χ1) is 30.4. The SMILES string of the molecule is CNC(=O)COc1cc2cc(Nc3nc(N4CCC(O[C@H]5C[C@H](N6CCC(c7cccc8c7CN(C7CCC(=O)NC7=O)C8=O)CC6)C5)CC4)ncc3Cl)ccc2n(C(C)C)c1=O. The second-order valence-corrected chi connectivity index (χ2v) is 18.1. The van der Waals surface area contributed by atoms with Gasteiger partial charge in [-0.25, -0.2) is 4.98 Å². The first kappa shape index (κ1) is 42.7. The highest BCUT2D eigenvalue weighted by Crippen LogP contribution is 2.40. The second kappa shape index (κ2) is 17.9. The zero-order valence-corrected chi connectivity index (χ0v) is 36.7. The predicted molar refractivity (Wildman–Crippen MR) is 238 cm³/mol. The smallest absolute Gasteiger partial charge is 0.293 e. The Morgan fingerprint density at radius 2 is 1.75 bits per heavy atom. The summed E-state index contributed by atoms with van der Waals surface area (Å²) in [6.45, 7) is 7.53. The number of imide groups is 1. The largest absolute Gasteiger partial charge is 0.478 e. The van der Waals surface area contributed by atoms with E-state index in [4.69, 9.17) is 26.1 Å². The van der Waals surface area contributed by atoms with Crippen molar-refractivity contribution in [2.45, 2.75) is 108 Å². The zero-order chi connectivity index (χ0) is 43.9. The van der Waals surface area contributed by atoms with E-state index in [1.54, 1.807) is 21.7 Å². The van der Waals surface area contributed by atoms with Crippen LogP contribution in [0.15, 0.2) is 53.5 Å². The molecule has 17 heteroatoms. The van der Waals surface area contributed by atoms with Gasteiger partial charge >= 0.3 is 0 Å². The number of carbonyl (C=O) groups is 4. The Labute approximate surface area is 370 Å². The Bertz CT molecular complexity index is 2490. The van der Waals surface area contributed by atoms with Gasteiger partial charge in [0.2, 0.25) is 17.8 Å². The molecule has 6 heterocycles. The van der Waals surface area contributed by atoms with Gasteiger partial charge in [-0.3, -0.25) is 29.3 Å². The Balaban J connectivity index is 0.751. The third-order valence-corrected chi connectivity index (χ3v) is 13.7. The Kier molecular flexibility index (Phi) is 12.1. The third-order valence-electron chi connectivity index (χ3n) is 13.4. The molecule has 63 heavy (non-hydrogen) atoms. The predicted octanol–water partition coefficient (Wildman–Crippen LogP) is 5.05. The summed E-state index contributed by atoms with van der Waals surface area (Å²) in [5, 5.41) is 9.38. The maximum absolute atomic E-state index is 13.4. The van der Waals surface area contributed by atoms with Gasteiger partial charge in [-0.15, -0.1) is 0 Å². The molecule has 4 fully saturated rings. The molecule has 0 bridgehead atoms. The maximum Gasteiger partial charge on any atom is 0.293 e. The van der Waals surface area contributed by atoms with Crippen LogP contribution in [0.1, 0.15) is 98.7 Å². The number of ether oxygens (including phenoxy) is 2. The highest BCUT2D eigenvalue weighted by molar-refractivity contribution is 6.33. The van der Waals surface area contributed by atoms with Crippen molar-refractivity contribution in [3.05, 3.63) is 80.7 Å². The number of hydrogen-bond donors (Lipinski definition) is 3. The molecule has 332 valence electrons. The number of nitrogens with one attached hydrogen (secondary N) is 3. The van der Waals surface area contributed by atoms with Gasteiger partial charge in [-0.05, 0) is 119 Å². The molecule has 5 aliphatic rings. The van der Waals surface area contributed by atoms with Crippen molar-refractivity contribution in [2.75, 3.05) is 50.1 Å². The number of carbonyl (C=O) groups excluding carboxylic acids is 4. The number of halogens is 1. The lowest BCUT2D eigenvalue weighted by atomic mass is 9.82. The van der Waals surface area contributed by atoms with Gasteiger partial charge in [-0.1, -0.05) is 23.7 Å². The summed E-state index contributed by atoms with van der Waals surface area (Å²) in [6.07, 6.45) is 8.52. The number of hydrogen-bond acceptors (Lipinski definition) is 12. The Hall–Kier alpha value is -5.58. The van der Waals surface area contributed by atoms with Gasteiger partial charge in [-0.2, -0.15) is 4.98 Å². The molecule has 2 aromatic carbocycles. The number of pyridine rings is 1. The molecule has 0 radical (unpaired) electrons. The van der Waals surface area contributed by atoms with Crippen LogP contribution in [-0.2, 0) is 25.7 Å². The van der Waals surface area contributed by atoms with Crippen LogP contribution < -0.4 is 31.1 Å². The van der Waals surface area contributed by atoms with Crippen LogP contribution in [0, 0.1) is 0 Å². The molecule has 1 atom stereocenters. The first-order valence-electron chi connectivity index (χ1n) is 22.2. The molecule has 9 rings (SSSR count). The molecule has 1 aliphatic carbocycles. The van der Waals surface area contributed by atoms with E-state index >= 15 is 0 Å². The number of nitrogens with zero attached hydrogens (tertiary/aromatic N) is 6. The fraction of sp³-hybridized carbons (Fsp3) is 0.500. The molecule has 1 unspecified atom stereocenters. The zero-order valence-electron chi connectivity index (χ0n) is 35.9. The summed E-state index contributed by atoms with van der Waals surface area (Å²) in [6, 6.07) is 13.1. The number of benzene rings is 2. The van der Waals surface area contributed by atoms with Crippen molar-refractivity contribution in [1.29, 1.82) is 0 Å². The van der Waals surface area contributed by atoms with Gasteiger partial charge in [0, 0.05) is 61.8 Å². The quantitative estimate of drug-likeness (QED) is 0.162. The van der Waals surface area contributed by atoms with Crippen molar-refractivity contribution < 1.29 is 28.7 Å². The molecular weight excluding hydrogens is 826 g/mol. The average Bonchev–Trinajstić information content (AvgIpc) is 3.60. The summed E-state index contributed by atoms with van der Waals surface area (Å²) >= 11 is 6.60. The van der Waals surface area contributed by atoms with Crippen LogP contribution >= 0.6 is 11.6 Å². The van der Waals surface area contributed by atoms with Gasteiger partial charge in [0.1, 0.15) is 11.1 Å². The number of piperidine rings is 3. The number of likely N-dealkylation sites (N-methyl/N-ethyl adjacent to an activating group) is 1. The van der Waals surface area contributed by atoms with E-state index in [0.29, 0.717) is 53.0 Å². The highest BCUT2D eigenvalue weighted by Gasteiger charge is 2.42. The normalized spacial score (nSPS) is 22.3. The third kappa shape index (κ3) is 8.72. The van der Waals surface area contributed by atoms with Crippen LogP contribution in [0.3, 0.4) is 0 Å². The van der Waals surface area contributed by atoms with E-state index in [9.17, 15) is 24.0 Å². The molecule has 3 saturated heterocycles. The first-order valence-corrected chi connectivity index (χ1v) is 22.5. The summed E-state index contributed by atoms with van der Waals surface area (Å²) < 4.78 is 13.9. The highest BCUT2D eigenvalue weighted by atomic mass is 35.5. The van der Waals surface area contributed by atoms with Gasteiger partial charge in [0.05, 0.1) is 23.9 Å². The van der Waals surface area contributed by atoms with E-state index < -0.39 is 6.04 Å².